The van der Waals surface area contributed by atoms with Gasteiger partial charge in [-0.05, 0) is 36.6 Å². The predicted octanol–water partition coefficient (Wildman–Crippen LogP) is 4.55. The molecular formula is C21H23F4N3O. The monoisotopic (exact) mass is 409 g/mol. The number of anilines is 1. The van der Waals surface area contributed by atoms with Gasteiger partial charge in [-0.2, -0.15) is 0 Å². The van der Waals surface area contributed by atoms with Crippen molar-refractivity contribution in [1.29, 1.82) is 0 Å². The highest BCUT2D eigenvalue weighted by Crippen LogP contribution is 2.42. The minimum absolute atomic E-state index is 0.106. The van der Waals surface area contributed by atoms with E-state index in [4.69, 9.17) is 0 Å². The second-order valence-electron chi connectivity index (χ2n) is 8.29. The van der Waals surface area contributed by atoms with Gasteiger partial charge < -0.3 is 10.2 Å². The van der Waals surface area contributed by atoms with Crippen LogP contribution in [0, 0.1) is 11.8 Å². The number of halogens is 4. The van der Waals surface area contributed by atoms with E-state index in [-0.39, 0.29) is 28.9 Å². The number of fused-ring (bicyclic) bond motifs is 1. The second kappa shape index (κ2) is 7.46. The molecule has 2 aromatic rings. The van der Waals surface area contributed by atoms with E-state index in [9.17, 15) is 22.4 Å². The Kier molecular flexibility index (Phi) is 5.12. The first-order chi connectivity index (χ1) is 13.7. The average molecular weight is 409 g/mol. The Bertz CT molecular complexity index is 912. The van der Waals surface area contributed by atoms with Gasteiger partial charge in [0.15, 0.2) is 0 Å². The van der Waals surface area contributed by atoms with E-state index in [0.717, 1.165) is 12.1 Å². The first-order valence-electron chi connectivity index (χ1n) is 9.82. The molecule has 4 nitrogen and oxygen atoms in total. The van der Waals surface area contributed by atoms with E-state index in [1.165, 1.54) is 12.3 Å². The number of piperidine rings is 1. The predicted molar refractivity (Wildman–Crippen MR) is 102 cm³/mol. The zero-order chi connectivity index (χ0) is 20.8. The lowest BCUT2D eigenvalue weighted by Crippen LogP contribution is -2.54. The van der Waals surface area contributed by atoms with Crippen LogP contribution < -0.4 is 10.2 Å². The smallest absolute Gasteiger partial charge is 0.265 e. The fourth-order valence-electron chi connectivity index (χ4n) is 4.45. The zero-order valence-corrected chi connectivity index (χ0v) is 16.0. The number of alkyl halides is 4. The van der Waals surface area contributed by atoms with Gasteiger partial charge in [0, 0.05) is 60.7 Å². The van der Waals surface area contributed by atoms with Crippen LogP contribution in [0.25, 0.3) is 10.9 Å². The lowest BCUT2D eigenvalue weighted by atomic mass is 9.80. The van der Waals surface area contributed by atoms with Crippen LogP contribution in [0.3, 0.4) is 0 Å². The summed E-state index contributed by atoms with van der Waals surface area (Å²) in [4.78, 5) is 18.5. The number of carbonyl (C=O) groups is 1. The lowest BCUT2D eigenvalue weighted by molar-refractivity contribution is -0.150. The fourth-order valence-corrected chi connectivity index (χ4v) is 4.45. The molecule has 1 saturated heterocycles. The Balaban J connectivity index is 1.54. The Morgan fingerprint density at radius 2 is 2.00 bits per heavy atom. The summed E-state index contributed by atoms with van der Waals surface area (Å²) in [5, 5.41) is 3.56. The van der Waals surface area contributed by atoms with Gasteiger partial charge in [0.25, 0.3) is 6.43 Å². The molecule has 2 atom stereocenters. The van der Waals surface area contributed by atoms with Crippen LogP contribution in [-0.4, -0.2) is 35.9 Å². The standard InChI is InChI=1S/C21H23F4N3O/c1-12-7-14(27-20(29)13-8-21(24,25)9-13)11-28(10-12)17-5-4-16(19(22)23)18-15(17)3-2-6-26-18/h2-6,12-14,19H,7-11H2,1H3,(H,27,29)/t12-,14+/m0/s1. The number of benzene rings is 1. The molecule has 1 N–H and O–H groups in total. The summed E-state index contributed by atoms with van der Waals surface area (Å²) in [6, 6.07) is 6.38. The SMILES string of the molecule is C[C@H]1C[C@@H](NC(=O)C2CC(F)(F)C2)CN(c2ccc(C(F)F)c3ncccc23)C1. The number of rotatable bonds is 4. The molecule has 8 heteroatoms. The maximum atomic E-state index is 13.4. The number of hydrogen-bond donors (Lipinski definition) is 1. The van der Waals surface area contributed by atoms with Crippen LogP contribution in [0.4, 0.5) is 23.2 Å². The van der Waals surface area contributed by atoms with Crippen molar-refractivity contribution in [3.63, 3.8) is 0 Å². The number of aromatic nitrogens is 1. The minimum Gasteiger partial charge on any atom is -0.369 e. The number of hydrogen-bond acceptors (Lipinski definition) is 3. The molecule has 1 aromatic carbocycles. The maximum absolute atomic E-state index is 13.4. The van der Waals surface area contributed by atoms with Crippen molar-refractivity contribution in [2.45, 2.75) is 44.6 Å². The molecule has 1 aliphatic heterocycles. The Hall–Kier alpha value is -2.38. The van der Waals surface area contributed by atoms with Crippen LogP contribution in [0.1, 0.15) is 38.2 Å². The molecule has 0 unspecified atom stereocenters. The molecule has 1 saturated carbocycles. The van der Waals surface area contributed by atoms with Crippen LogP contribution in [0.15, 0.2) is 30.5 Å². The quantitative estimate of drug-likeness (QED) is 0.754. The molecule has 1 aromatic heterocycles. The van der Waals surface area contributed by atoms with Crippen molar-refractivity contribution in [1.82, 2.24) is 10.3 Å². The summed E-state index contributed by atoms with van der Waals surface area (Å²) >= 11 is 0. The third kappa shape index (κ3) is 4.02. The van der Waals surface area contributed by atoms with E-state index in [0.29, 0.717) is 18.5 Å². The molecule has 2 aliphatic rings. The van der Waals surface area contributed by atoms with Crippen LogP contribution in [0.2, 0.25) is 0 Å². The molecule has 1 amide bonds. The van der Waals surface area contributed by atoms with Gasteiger partial charge in [0.2, 0.25) is 11.8 Å². The first kappa shape index (κ1) is 19.9. The van der Waals surface area contributed by atoms with Crippen LogP contribution in [0.5, 0.6) is 0 Å². The number of carbonyl (C=O) groups excluding carboxylic acids is 1. The highest BCUT2D eigenvalue weighted by Gasteiger charge is 2.49. The fraction of sp³-hybridized carbons (Fsp3) is 0.524. The summed E-state index contributed by atoms with van der Waals surface area (Å²) < 4.78 is 52.8. The zero-order valence-electron chi connectivity index (χ0n) is 16.0. The van der Waals surface area contributed by atoms with Crippen LogP contribution >= 0.6 is 0 Å². The third-order valence-electron chi connectivity index (χ3n) is 5.82. The molecule has 4 rings (SSSR count). The molecular weight excluding hydrogens is 386 g/mol. The van der Waals surface area contributed by atoms with Gasteiger partial charge in [-0.15, -0.1) is 0 Å². The largest absolute Gasteiger partial charge is 0.369 e. The number of amides is 1. The summed E-state index contributed by atoms with van der Waals surface area (Å²) in [7, 11) is 0. The summed E-state index contributed by atoms with van der Waals surface area (Å²) in [5.74, 6) is -3.44. The van der Waals surface area contributed by atoms with Gasteiger partial charge >= 0.3 is 0 Å². The third-order valence-corrected chi connectivity index (χ3v) is 5.82. The molecule has 29 heavy (non-hydrogen) atoms. The van der Waals surface area contributed by atoms with Gasteiger partial charge in [0.05, 0.1) is 5.52 Å². The van der Waals surface area contributed by atoms with Crippen LogP contribution in [-0.2, 0) is 4.79 Å². The van der Waals surface area contributed by atoms with Crippen molar-refractivity contribution in [3.05, 3.63) is 36.0 Å². The second-order valence-corrected chi connectivity index (χ2v) is 8.29. The topological polar surface area (TPSA) is 45.2 Å². The van der Waals surface area contributed by atoms with Crippen molar-refractivity contribution in [2.24, 2.45) is 11.8 Å². The van der Waals surface area contributed by atoms with Gasteiger partial charge in [-0.25, -0.2) is 17.6 Å². The summed E-state index contributed by atoms with van der Waals surface area (Å²) in [6.45, 7) is 3.26. The van der Waals surface area contributed by atoms with Crippen molar-refractivity contribution >= 4 is 22.5 Å². The van der Waals surface area contributed by atoms with E-state index < -0.39 is 31.1 Å². The molecule has 2 fully saturated rings. The Morgan fingerprint density at radius 3 is 2.69 bits per heavy atom. The number of pyridine rings is 1. The Morgan fingerprint density at radius 1 is 1.24 bits per heavy atom. The van der Waals surface area contributed by atoms with E-state index in [1.54, 1.807) is 18.2 Å². The Labute approximate surface area is 166 Å². The van der Waals surface area contributed by atoms with E-state index in [1.807, 2.05) is 0 Å². The molecule has 0 radical (unpaired) electrons. The molecule has 0 spiro atoms. The minimum atomic E-state index is -2.73. The summed E-state index contributed by atoms with van der Waals surface area (Å²) in [5.41, 5.74) is 0.958. The van der Waals surface area contributed by atoms with Crippen molar-refractivity contribution in [2.75, 3.05) is 18.0 Å². The van der Waals surface area contributed by atoms with Gasteiger partial charge in [-0.3, -0.25) is 9.78 Å². The molecule has 156 valence electrons. The average Bonchev–Trinajstić information content (AvgIpc) is 2.64. The highest BCUT2D eigenvalue weighted by atomic mass is 19.3. The lowest BCUT2D eigenvalue weighted by Gasteiger charge is -2.40. The van der Waals surface area contributed by atoms with Gasteiger partial charge in [0.1, 0.15) is 0 Å². The van der Waals surface area contributed by atoms with Crippen molar-refractivity contribution in [3.8, 4) is 0 Å². The number of nitrogens with zero attached hydrogens (tertiary/aromatic N) is 2. The van der Waals surface area contributed by atoms with Crippen molar-refractivity contribution < 1.29 is 22.4 Å². The number of nitrogens with one attached hydrogen (secondary N) is 1. The normalized spacial score (nSPS) is 24.6. The summed E-state index contributed by atoms with van der Waals surface area (Å²) in [6.07, 6.45) is -1.16. The van der Waals surface area contributed by atoms with E-state index in [2.05, 4.69) is 22.1 Å². The van der Waals surface area contributed by atoms with E-state index >= 15 is 0 Å². The molecule has 2 heterocycles. The van der Waals surface area contributed by atoms with Gasteiger partial charge in [-0.1, -0.05) is 6.92 Å². The first-order valence-corrected chi connectivity index (χ1v) is 9.82. The molecule has 0 bridgehead atoms. The highest BCUT2D eigenvalue weighted by molar-refractivity contribution is 5.94. The molecule has 1 aliphatic carbocycles. The maximum Gasteiger partial charge on any atom is 0.265 e.